The van der Waals surface area contributed by atoms with Crippen molar-refractivity contribution < 1.29 is 19.5 Å². The minimum atomic E-state index is -1.25. The fourth-order valence-electron chi connectivity index (χ4n) is 5.10. The van der Waals surface area contributed by atoms with Crippen molar-refractivity contribution in [1.29, 1.82) is 0 Å². The van der Waals surface area contributed by atoms with Crippen LogP contribution in [-0.4, -0.2) is 53.6 Å². The number of hydrogen-bond donors (Lipinski definition) is 5. The number of benzene rings is 1. The Labute approximate surface area is 211 Å². The molecule has 7 N–H and O–H groups in total. The van der Waals surface area contributed by atoms with Crippen molar-refractivity contribution in [3.8, 4) is 0 Å². The summed E-state index contributed by atoms with van der Waals surface area (Å²) in [6, 6.07) is 4.76. The van der Waals surface area contributed by atoms with E-state index in [0.717, 1.165) is 16.7 Å². The predicted octanol–water partition coefficient (Wildman–Crippen LogP) is 0.703. The highest BCUT2D eigenvalue weighted by atomic mass is 19.1. The highest BCUT2D eigenvalue weighted by Gasteiger charge is 2.41. The van der Waals surface area contributed by atoms with E-state index >= 15 is 0 Å². The van der Waals surface area contributed by atoms with Gasteiger partial charge in [0.05, 0.1) is 30.9 Å². The predicted molar refractivity (Wildman–Crippen MR) is 135 cm³/mol. The number of aryl methyl sites for hydroxylation is 1. The lowest BCUT2D eigenvalue weighted by atomic mass is 9.89. The maximum atomic E-state index is 14.5. The molecular formula is C26H37FN7O2+. The van der Waals surface area contributed by atoms with E-state index in [1.165, 1.54) is 10.5 Å². The molecule has 4 rings (SSSR count). The van der Waals surface area contributed by atoms with E-state index in [4.69, 9.17) is 5.73 Å². The van der Waals surface area contributed by atoms with Crippen LogP contribution in [0.4, 0.5) is 4.39 Å². The molecule has 0 aromatic heterocycles. The Hall–Kier alpha value is -3.37. The van der Waals surface area contributed by atoms with Gasteiger partial charge in [-0.1, -0.05) is 38.1 Å². The second-order valence-corrected chi connectivity index (χ2v) is 10.0. The zero-order valence-corrected chi connectivity index (χ0v) is 21.3. The highest BCUT2D eigenvalue weighted by molar-refractivity contribution is 5.89. The molecule has 1 saturated heterocycles. The van der Waals surface area contributed by atoms with Gasteiger partial charge < -0.3 is 20.9 Å². The molecule has 10 heteroatoms. The van der Waals surface area contributed by atoms with Crippen LogP contribution in [-0.2, 0) is 9.59 Å². The van der Waals surface area contributed by atoms with Crippen molar-refractivity contribution in [1.82, 2.24) is 26.0 Å². The molecule has 0 saturated carbocycles. The maximum Gasteiger partial charge on any atom is 0.243 e. The lowest BCUT2D eigenvalue weighted by molar-refractivity contribution is -0.739. The number of alkyl halides is 1. The van der Waals surface area contributed by atoms with Gasteiger partial charge in [0, 0.05) is 19.7 Å². The molecule has 1 aromatic carbocycles. The Bertz CT molecular complexity index is 1100. The zero-order chi connectivity index (χ0) is 26.0. The van der Waals surface area contributed by atoms with Crippen LogP contribution in [0.2, 0.25) is 0 Å². The Kier molecular flexibility index (Phi) is 7.65. The second kappa shape index (κ2) is 10.7. The molecule has 0 aliphatic carbocycles. The smallest absolute Gasteiger partial charge is 0.243 e. The molecule has 0 bridgehead atoms. The van der Waals surface area contributed by atoms with Crippen LogP contribution in [0, 0.1) is 6.92 Å². The molecule has 0 spiro atoms. The number of likely N-dealkylation sites (tertiary alicyclic amines) is 1. The van der Waals surface area contributed by atoms with E-state index in [1.807, 2.05) is 36.4 Å². The highest BCUT2D eigenvalue weighted by Crippen LogP contribution is 2.31. The summed E-state index contributed by atoms with van der Waals surface area (Å²) < 4.78 is 14.5. The fourth-order valence-corrected chi connectivity index (χ4v) is 5.10. The molecule has 36 heavy (non-hydrogen) atoms. The topological polar surface area (TPSA) is 119 Å². The quantitative estimate of drug-likeness (QED) is 0.353. The molecule has 3 heterocycles. The minimum absolute atomic E-state index is 0.0304. The summed E-state index contributed by atoms with van der Waals surface area (Å²) in [4.78, 5) is 29.8. The molecule has 4 atom stereocenters. The number of carbonyl (C=O) groups excluding carboxylic acids is 2. The van der Waals surface area contributed by atoms with E-state index in [2.05, 4.69) is 49.1 Å². The van der Waals surface area contributed by atoms with Gasteiger partial charge in [-0.25, -0.2) is 15.2 Å². The number of nitrogens with one attached hydrogen (secondary N) is 3. The van der Waals surface area contributed by atoms with Crippen molar-refractivity contribution in [2.45, 2.75) is 64.0 Å². The number of allylic oxidation sites excluding steroid dienone is 2. The summed E-state index contributed by atoms with van der Waals surface area (Å²) in [7, 11) is 1.88. The van der Waals surface area contributed by atoms with Crippen LogP contribution in [0.25, 0.3) is 0 Å². The minimum Gasteiger partial charge on any atom is -0.362 e. The normalized spacial score (nSPS) is 24.2. The summed E-state index contributed by atoms with van der Waals surface area (Å²) >= 11 is 0. The Morgan fingerprint density at radius 1 is 1.33 bits per heavy atom. The average Bonchev–Trinajstić information content (AvgIpc) is 3.48. The summed E-state index contributed by atoms with van der Waals surface area (Å²) in [6.45, 7) is 6.25. The molecule has 0 radical (unpaired) electrons. The van der Waals surface area contributed by atoms with E-state index < -0.39 is 24.4 Å². The molecule has 3 aliphatic heterocycles. The fraction of sp³-hybridized carbons (Fsp3) is 0.462. The number of halogens is 1. The van der Waals surface area contributed by atoms with E-state index in [1.54, 1.807) is 11.7 Å². The van der Waals surface area contributed by atoms with Crippen molar-refractivity contribution in [3.63, 3.8) is 0 Å². The Balaban J connectivity index is 1.61. The third-order valence-corrected chi connectivity index (χ3v) is 7.07. The molecule has 194 valence electrons. The van der Waals surface area contributed by atoms with Crippen LogP contribution < -0.4 is 27.4 Å². The van der Waals surface area contributed by atoms with Crippen LogP contribution in [0.1, 0.15) is 55.3 Å². The number of hydrogen-bond acceptors (Lipinski definition) is 6. The number of rotatable bonds is 7. The van der Waals surface area contributed by atoms with Crippen molar-refractivity contribution in [2.75, 3.05) is 13.6 Å². The first-order valence-corrected chi connectivity index (χ1v) is 12.4. The summed E-state index contributed by atoms with van der Waals surface area (Å²) in [5.41, 5.74) is 18.7. The van der Waals surface area contributed by atoms with Gasteiger partial charge in [0.2, 0.25) is 11.8 Å². The van der Waals surface area contributed by atoms with E-state index in [9.17, 15) is 14.0 Å². The number of likely N-dealkylation sites (N-methyl/N-ethyl adjacent to an activating group) is 1. The first kappa shape index (κ1) is 25.7. The van der Waals surface area contributed by atoms with Gasteiger partial charge in [0.1, 0.15) is 18.4 Å². The van der Waals surface area contributed by atoms with Gasteiger partial charge in [0.25, 0.3) is 0 Å². The molecule has 3 aliphatic rings. The van der Waals surface area contributed by atoms with E-state index in [-0.39, 0.29) is 31.2 Å². The number of amides is 2. The maximum absolute atomic E-state index is 14.5. The number of nitrogens with two attached hydrogens (primary N) is 2. The standard InChI is InChI=1S/C26H36FN7O2/c1-15(2)20-8-7-17(10-16(20)3)24(21-6-5-9-33(4)25(21)28)30-26(36)22-11-18(27)14-34(22)23(35)12-19-13-29-32-31-19/h5-10,13,15,18,22,24-25,29,31-32H,11-12,14,28H2,1-4H3,(H,30,36)/p+1/t18-,22+,24?,25?/m1/s1. The van der Waals surface area contributed by atoms with Crippen molar-refractivity contribution >= 4 is 11.8 Å². The summed E-state index contributed by atoms with van der Waals surface area (Å²) in [5, 5.41) is 3.11. The number of nitrogens with zero attached hydrogens (tertiary/aromatic N) is 2. The summed E-state index contributed by atoms with van der Waals surface area (Å²) in [6.07, 6.45) is 5.70. The van der Waals surface area contributed by atoms with Crippen LogP contribution in [0.15, 0.2) is 54.0 Å². The van der Waals surface area contributed by atoms with E-state index in [0.29, 0.717) is 11.6 Å². The van der Waals surface area contributed by atoms with Crippen LogP contribution >= 0.6 is 0 Å². The largest absolute Gasteiger partial charge is 0.362 e. The van der Waals surface area contributed by atoms with Gasteiger partial charge >= 0.3 is 0 Å². The van der Waals surface area contributed by atoms with Gasteiger partial charge in [-0.2, -0.15) is 5.53 Å². The third-order valence-electron chi connectivity index (χ3n) is 7.07. The molecule has 2 amide bonds. The van der Waals surface area contributed by atoms with Gasteiger partial charge in [-0.15, -0.1) is 0 Å². The molecule has 1 fully saturated rings. The van der Waals surface area contributed by atoms with Gasteiger partial charge in [0.15, 0.2) is 0 Å². The van der Waals surface area contributed by atoms with Gasteiger partial charge in [-0.05, 0) is 41.2 Å². The van der Waals surface area contributed by atoms with Crippen LogP contribution in [0.3, 0.4) is 0 Å². The molecule has 9 nitrogen and oxygen atoms in total. The molecule has 2 unspecified atom stereocenters. The first-order chi connectivity index (χ1) is 17.2. The SMILES string of the molecule is Cc1cc(C(NC(=O)[C@@H]2C[C@@H](F)CN2C(=O)CC2=CN[NH2+]N2)C2=CC=CN(C)C2N)ccc1C(C)C. The van der Waals surface area contributed by atoms with Gasteiger partial charge in [-0.3, -0.25) is 9.59 Å². The lowest BCUT2D eigenvalue weighted by Crippen LogP contribution is -2.96. The lowest BCUT2D eigenvalue weighted by Gasteiger charge is -2.34. The second-order valence-electron chi connectivity index (χ2n) is 10.0. The van der Waals surface area contributed by atoms with Crippen molar-refractivity contribution in [2.24, 2.45) is 5.73 Å². The average molecular weight is 499 g/mol. The first-order valence-electron chi connectivity index (χ1n) is 12.4. The molecular weight excluding hydrogens is 461 g/mol. The monoisotopic (exact) mass is 498 g/mol. The zero-order valence-electron chi connectivity index (χ0n) is 21.3. The third kappa shape index (κ3) is 5.39. The van der Waals surface area contributed by atoms with Crippen molar-refractivity contribution in [3.05, 3.63) is 70.7 Å². The summed E-state index contributed by atoms with van der Waals surface area (Å²) in [5.74, 6) is -0.312. The Morgan fingerprint density at radius 2 is 2.11 bits per heavy atom. The number of carbonyl (C=O) groups is 2. The number of quaternary nitrogens is 1. The van der Waals surface area contributed by atoms with Crippen LogP contribution in [0.5, 0.6) is 0 Å². The Morgan fingerprint density at radius 3 is 2.78 bits per heavy atom. The molecule has 1 aromatic rings.